The van der Waals surface area contributed by atoms with Crippen molar-refractivity contribution in [2.75, 3.05) is 0 Å². The van der Waals surface area contributed by atoms with Crippen molar-refractivity contribution in [3.05, 3.63) is 400 Å². The van der Waals surface area contributed by atoms with Crippen molar-refractivity contribution < 1.29 is 0 Å². The standard InChI is InChI=1S/C94H66N4Si2/c1-7-27-67(28-8-1)71-47-55-78(56-48-71)99(76-35-15-5-16-36-76,79-57-49-72(50-58-79)68-29-9-2-10-30-68)82-63-75(94-95-92(97-88-43-23-19-39-84(88)85-40-20-24-44-89(85)97)66-93(96-94)98-90-45-25-21-41-86(90)87-42-22-26-46-91(87)98)64-83(65-82)100(77-37-17-6-18-38-77,80-59-51-73(52-60-80)69-31-11-3-12-32-69)81-61-53-74(54-62-81)70-33-13-4-14-34-70/h1-66H. The first-order chi connectivity index (χ1) is 49.6. The van der Waals surface area contributed by atoms with Crippen molar-refractivity contribution in [3.63, 3.8) is 0 Å². The molecule has 100 heavy (non-hydrogen) atoms. The highest BCUT2D eigenvalue weighted by molar-refractivity contribution is 7.22. The van der Waals surface area contributed by atoms with E-state index < -0.39 is 16.1 Å². The molecule has 18 aromatic rings. The maximum atomic E-state index is 6.05. The van der Waals surface area contributed by atoms with E-state index in [4.69, 9.17) is 9.97 Å². The Morgan fingerprint density at radius 3 is 0.660 bits per heavy atom. The Hall–Kier alpha value is -12.6. The zero-order valence-corrected chi connectivity index (χ0v) is 56.9. The van der Waals surface area contributed by atoms with Gasteiger partial charge >= 0.3 is 0 Å². The summed E-state index contributed by atoms with van der Waals surface area (Å²) in [4.78, 5) is 12.1. The van der Waals surface area contributed by atoms with Crippen LogP contribution >= 0.6 is 0 Å². The fourth-order valence-corrected chi connectivity index (χ4v) is 25.5. The predicted octanol–water partition coefficient (Wildman–Crippen LogP) is 17.8. The van der Waals surface area contributed by atoms with E-state index in [2.05, 4.69) is 410 Å². The minimum absolute atomic E-state index is 0.615. The molecule has 3 aromatic heterocycles. The molecule has 0 unspecified atom stereocenters. The molecule has 0 aliphatic carbocycles. The van der Waals surface area contributed by atoms with Gasteiger partial charge in [0.05, 0.1) is 22.1 Å². The molecule has 3 heterocycles. The van der Waals surface area contributed by atoms with Crippen molar-refractivity contribution in [1.29, 1.82) is 0 Å². The number of rotatable bonds is 15. The highest BCUT2D eigenvalue weighted by Gasteiger charge is 2.46. The third-order valence-corrected chi connectivity index (χ3v) is 30.0. The summed E-state index contributed by atoms with van der Waals surface area (Å²) in [6, 6.07) is 149. The molecule has 0 radical (unpaired) electrons. The molecule has 0 bridgehead atoms. The van der Waals surface area contributed by atoms with Gasteiger partial charge in [-0.25, -0.2) is 9.97 Å². The average molecular weight is 1310 g/mol. The van der Waals surface area contributed by atoms with Gasteiger partial charge in [-0.15, -0.1) is 0 Å². The van der Waals surface area contributed by atoms with Crippen LogP contribution in [-0.4, -0.2) is 35.2 Å². The zero-order chi connectivity index (χ0) is 66.4. The van der Waals surface area contributed by atoms with Crippen LogP contribution in [0.4, 0.5) is 0 Å². The Morgan fingerprint density at radius 2 is 0.390 bits per heavy atom. The third kappa shape index (κ3) is 10.3. The van der Waals surface area contributed by atoms with Crippen LogP contribution in [0, 0.1) is 0 Å². The Balaban J connectivity index is 1.01. The van der Waals surface area contributed by atoms with E-state index in [-0.39, 0.29) is 0 Å². The molecule has 0 N–H and O–H groups in total. The Labute approximate surface area is 584 Å². The van der Waals surface area contributed by atoms with Gasteiger partial charge in [0, 0.05) is 33.2 Å². The maximum Gasteiger partial charge on any atom is 0.179 e. The summed E-state index contributed by atoms with van der Waals surface area (Å²) in [7, 11) is -7.11. The van der Waals surface area contributed by atoms with Crippen molar-refractivity contribution in [2.45, 2.75) is 0 Å². The van der Waals surface area contributed by atoms with Crippen molar-refractivity contribution in [3.8, 4) is 67.5 Å². The second kappa shape index (κ2) is 25.4. The number of para-hydroxylation sites is 4. The summed E-state index contributed by atoms with van der Waals surface area (Å²) in [5.74, 6) is 2.15. The van der Waals surface area contributed by atoms with Gasteiger partial charge < -0.3 is 0 Å². The molecular formula is C94H66N4Si2. The first kappa shape index (κ1) is 59.9. The van der Waals surface area contributed by atoms with Crippen LogP contribution in [0.5, 0.6) is 0 Å². The lowest BCUT2D eigenvalue weighted by molar-refractivity contribution is 0.994. The van der Waals surface area contributed by atoms with Crippen LogP contribution < -0.4 is 41.5 Å². The fraction of sp³-hybridized carbons (Fsp3) is 0. The van der Waals surface area contributed by atoms with Crippen LogP contribution in [-0.2, 0) is 0 Å². The second-order valence-corrected chi connectivity index (χ2v) is 33.6. The van der Waals surface area contributed by atoms with E-state index >= 15 is 0 Å². The van der Waals surface area contributed by atoms with E-state index in [0.29, 0.717) is 5.82 Å². The van der Waals surface area contributed by atoms with E-state index in [1.807, 2.05) is 0 Å². The molecule has 0 fully saturated rings. The fourth-order valence-electron chi connectivity index (χ4n) is 15.9. The zero-order valence-electron chi connectivity index (χ0n) is 54.9. The molecule has 0 aliphatic heterocycles. The lowest BCUT2D eigenvalue weighted by Crippen LogP contribution is -2.78. The molecule has 470 valence electrons. The summed E-state index contributed by atoms with van der Waals surface area (Å²) in [6.07, 6.45) is 0. The largest absolute Gasteiger partial charge is 0.294 e. The Morgan fingerprint density at radius 1 is 0.170 bits per heavy atom. The second-order valence-electron chi connectivity index (χ2n) is 26.0. The van der Waals surface area contributed by atoms with E-state index in [9.17, 15) is 0 Å². The lowest BCUT2D eigenvalue weighted by Gasteiger charge is -2.38. The number of aromatic nitrogens is 4. The van der Waals surface area contributed by atoms with Gasteiger partial charge in [0.25, 0.3) is 0 Å². The van der Waals surface area contributed by atoms with Crippen LogP contribution in [0.25, 0.3) is 111 Å². The smallest absolute Gasteiger partial charge is 0.179 e. The molecule has 0 spiro atoms. The van der Waals surface area contributed by atoms with Crippen molar-refractivity contribution in [1.82, 2.24) is 19.1 Å². The molecule has 0 aliphatic rings. The molecule has 4 nitrogen and oxygen atoms in total. The molecular weight excluding hydrogens is 1240 g/mol. The molecule has 6 heteroatoms. The lowest BCUT2D eigenvalue weighted by atomic mass is 10.1. The van der Waals surface area contributed by atoms with E-state index in [0.717, 1.165) is 83.1 Å². The number of hydrogen-bond acceptors (Lipinski definition) is 2. The quantitative estimate of drug-likeness (QED) is 0.0757. The number of hydrogen-bond donors (Lipinski definition) is 0. The van der Waals surface area contributed by atoms with Crippen LogP contribution in [0.2, 0.25) is 0 Å². The van der Waals surface area contributed by atoms with Gasteiger partial charge in [-0.2, -0.15) is 0 Å². The molecule has 0 amide bonds. The molecule has 0 saturated carbocycles. The van der Waals surface area contributed by atoms with Gasteiger partial charge in [0.15, 0.2) is 22.0 Å². The minimum atomic E-state index is -3.55. The van der Waals surface area contributed by atoms with E-state index in [1.54, 1.807) is 0 Å². The van der Waals surface area contributed by atoms with Gasteiger partial charge in [0.2, 0.25) is 0 Å². The number of fused-ring (bicyclic) bond motifs is 6. The maximum absolute atomic E-state index is 6.05. The number of nitrogens with zero attached hydrogens (tertiary/aromatic N) is 4. The molecule has 0 saturated heterocycles. The normalized spacial score (nSPS) is 11.8. The topological polar surface area (TPSA) is 35.6 Å². The first-order valence-electron chi connectivity index (χ1n) is 34.4. The van der Waals surface area contributed by atoms with Gasteiger partial charge in [0.1, 0.15) is 11.6 Å². The van der Waals surface area contributed by atoms with Crippen LogP contribution in [0.15, 0.2) is 400 Å². The van der Waals surface area contributed by atoms with Crippen molar-refractivity contribution in [2.24, 2.45) is 0 Å². The summed E-state index contributed by atoms with van der Waals surface area (Å²) < 4.78 is 4.71. The summed E-state index contributed by atoms with van der Waals surface area (Å²) in [5, 5.41) is 14.6. The minimum Gasteiger partial charge on any atom is -0.294 e. The highest BCUT2D eigenvalue weighted by atomic mass is 28.3. The summed E-state index contributed by atoms with van der Waals surface area (Å²) in [5.41, 5.74) is 14.5. The predicted molar refractivity (Wildman–Crippen MR) is 425 cm³/mol. The Bertz CT molecular complexity index is 5330. The van der Waals surface area contributed by atoms with E-state index in [1.165, 1.54) is 63.7 Å². The number of benzene rings is 15. The summed E-state index contributed by atoms with van der Waals surface area (Å²) in [6.45, 7) is 0. The van der Waals surface area contributed by atoms with Crippen LogP contribution in [0.3, 0.4) is 0 Å². The molecule has 15 aromatic carbocycles. The summed E-state index contributed by atoms with van der Waals surface area (Å²) >= 11 is 0. The van der Waals surface area contributed by atoms with Gasteiger partial charge in [-0.05, 0) is 110 Å². The average Bonchev–Trinajstić information content (AvgIpc) is 0.953. The first-order valence-corrected chi connectivity index (χ1v) is 38.4. The third-order valence-electron chi connectivity index (χ3n) is 20.5. The SMILES string of the molecule is c1ccc(-c2ccc([Si](c3ccccc3)(c3ccc(-c4ccccc4)cc3)c3cc(-c4nc(-n5c6ccccc6c6ccccc65)cc(-n5c6ccccc6c6ccccc65)n4)cc([Si](c4ccccc4)(c4ccc(-c5ccccc5)cc4)c4ccc(-c5ccccc5)cc4)c3)cc2)cc1. The van der Waals surface area contributed by atoms with Crippen LogP contribution in [0.1, 0.15) is 0 Å². The van der Waals surface area contributed by atoms with Gasteiger partial charge in [-0.3, -0.25) is 9.13 Å². The molecule has 0 atom stereocenters. The Kier molecular flexibility index (Phi) is 15.2. The molecule has 18 rings (SSSR count). The highest BCUT2D eigenvalue weighted by Crippen LogP contribution is 2.37. The van der Waals surface area contributed by atoms with Crippen molar-refractivity contribution >= 4 is 101 Å². The monoisotopic (exact) mass is 1310 g/mol. The van der Waals surface area contributed by atoms with Gasteiger partial charge in [-0.1, -0.05) is 370 Å².